The Morgan fingerprint density at radius 1 is 1.15 bits per heavy atom. The first kappa shape index (κ1) is 23.1. The molecule has 0 fully saturated rings. The van der Waals surface area contributed by atoms with E-state index in [0.717, 1.165) is 38.5 Å². The molecule has 10 heteroatoms. The van der Waals surface area contributed by atoms with Crippen molar-refractivity contribution in [1.82, 2.24) is 9.29 Å². The summed E-state index contributed by atoms with van der Waals surface area (Å²) in [6, 6.07) is 14.2. The Balaban J connectivity index is 1.38. The van der Waals surface area contributed by atoms with E-state index < -0.39 is 34.5 Å². The number of aryl methyl sites for hydroxylation is 1. The first-order valence-corrected chi connectivity index (χ1v) is 13.0. The summed E-state index contributed by atoms with van der Waals surface area (Å²) in [7, 11) is -3.65. The van der Waals surface area contributed by atoms with E-state index in [0.29, 0.717) is 5.13 Å². The summed E-state index contributed by atoms with van der Waals surface area (Å²) in [5.41, 5.74) is 4.53. The number of thiazole rings is 1. The van der Waals surface area contributed by atoms with Crippen molar-refractivity contribution in [3.05, 3.63) is 70.6 Å². The minimum atomic E-state index is -3.65. The Bertz CT molecular complexity index is 1290. The molecule has 1 atom stereocenters. The van der Waals surface area contributed by atoms with Gasteiger partial charge in [-0.1, -0.05) is 54.1 Å². The van der Waals surface area contributed by atoms with Gasteiger partial charge in [-0.2, -0.15) is 4.31 Å². The Labute approximate surface area is 196 Å². The molecule has 4 rings (SSSR count). The maximum atomic E-state index is 12.7. The van der Waals surface area contributed by atoms with Crippen LogP contribution in [0.2, 0.25) is 0 Å². The van der Waals surface area contributed by atoms with Crippen LogP contribution in [0.5, 0.6) is 0 Å². The summed E-state index contributed by atoms with van der Waals surface area (Å²) in [4.78, 5) is 29.4. The number of benzene rings is 2. The van der Waals surface area contributed by atoms with E-state index >= 15 is 0 Å². The standard InChI is InChI=1S/C23H23N3O5S2/c1-15-7-9-16(10-8-15)19-14-32-23(24-19)25-21(27)13-31-22(28)20-11-17-5-3-4-6-18(17)12-26(20)33(2,29)30/h3-10,14,20H,11-13H2,1-2H3,(H,24,25,27)/t20-/m1/s1. The number of ether oxygens (including phenoxy) is 1. The summed E-state index contributed by atoms with van der Waals surface area (Å²) in [6.07, 6.45) is 1.25. The predicted molar refractivity (Wildman–Crippen MR) is 126 cm³/mol. The molecule has 0 bridgehead atoms. The van der Waals surface area contributed by atoms with Gasteiger partial charge in [0.05, 0.1) is 11.9 Å². The summed E-state index contributed by atoms with van der Waals surface area (Å²) in [6.45, 7) is 1.55. The number of esters is 1. The second kappa shape index (κ2) is 9.42. The Morgan fingerprint density at radius 2 is 1.85 bits per heavy atom. The van der Waals surface area contributed by atoms with Crippen molar-refractivity contribution in [3.8, 4) is 11.3 Å². The number of hydrogen-bond acceptors (Lipinski definition) is 7. The molecule has 0 saturated carbocycles. The van der Waals surface area contributed by atoms with Gasteiger partial charge >= 0.3 is 5.97 Å². The summed E-state index contributed by atoms with van der Waals surface area (Å²) in [5, 5.41) is 4.83. The van der Waals surface area contributed by atoms with Crippen LogP contribution in [0.3, 0.4) is 0 Å². The lowest BCUT2D eigenvalue weighted by Gasteiger charge is -2.33. The second-order valence-corrected chi connectivity index (χ2v) is 10.6. The first-order chi connectivity index (χ1) is 15.7. The van der Waals surface area contributed by atoms with Crippen molar-refractivity contribution in [1.29, 1.82) is 0 Å². The second-order valence-electron chi connectivity index (χ2n) is 7.86. The zero-order chi connectivity index (χ0) is 23.6. The molecule has 33 heavy (non-hydrogen) atoms. The number of aromatic nitrogens is 1. The maximum absolute atomic E-state index is 12.7. The molecule has 172 valence electrons. The van der Waals surface area contributed by atoms with E-state index in [1.54, 1.807) is 0 Å². The van der Waals surface area contributed by atoms with Gasteiger partial charge in [-0.15, -0.1) is 11.3 Å². The van der Waals surface area contributed by atoms with E-state index in [1.807, 2.05) is 60.8 Å². The molecule has 0 aliphatic carbocycles. The Morgan fingerprint density at radius 3 is 2.55 bits per heavy atom. The molecule has 0 unspecified atom stereocenters. The summed E-state index contributed by atoms with van der Waals surface area (Å²) < 4.78 is 30.8. The number of anilines is 1. The monoisotopic (exact) mass is 485 g/mol. The minimum Gasteiger partial charge on any atom is -0.454 e. The third kappa shape index (κ3) is 5.47. The highest BCUT2D eigenvalue weighted by Gasteiger charge is 2.38. The maximum Gasteiger partial charge on any atom is 0.325 e. The SMILES string of the molecule is Cc1ccc(-c2csc(NC(=O)COC(=O)[C@H]3Cc4ccccc4CN3S(C)(=O)=O)n2)cc1. The van der Waals surface area contributed by atoms with Gasteiger partial charge in [-0.25, -0.2) is 13.4 Å². The van der Waals surface area contributed by atoms with Gasteiger partial charge in [0.2, 0.25) is 10.0 Å². The number of amides is 1. The average molecular weight is 486 g/mol. The zero-order valence-electron chi connectivity index (χ0n) is 18.1. The Kier molecular flexibility index (Phi) is 6.59. The van der Waals surface area contributed by atoms with Crippen LogP contribution in [0.1, 0.15) is 16.7 Å². The van der Waals surface area contributed by atoms with E-state index in [4.69, 9.17) is 4.74 Å². The average Bonchev–Trinajstić information content (AvgIpc) is 3.24. The molecule has 1 amide bonds. The number of nitrogens with one attached hydrogen (secondary N) is 1. The van der Waals surface area contributed by atoms with Gasteiger partial charge in [0.25, 0.3) is 5.91 Å². The summed E-state index contributed by atoms with van der Waals surface area (Å²) in [5.74, 6) is -1.31. The molecule has 1 aliphatic heterocycles. The number of rotatable bonds is 6. The third-order valence-electron chi connectivity index (χ3n) is 5.35. The number of sulfonamides is 1. The predicted octanol–water partition coefficient (Wildman–Crippen LogP) is 2.99. The number of carbonyl (C=O) groups is 2. The lowest BCUT2D eigenvalue weighted by Crippen LogP contribution is -2.49. The molecule has 2 heterocycles. The largest absolute Gasteiger partial charge is 0.454 e. The molecule has 0 spiro atoms. The Hall–Kier alpha value is -3.08. The number of nitrogens with zero attached hydrogens (tertiary/aromatic N) is 2. The first-order valence-electron chi connectivity index (χ1n) is 10.2. The van der Waals surface area contributed by atoms with Gasteiger partial charge in [-0.05, 0) is 18.1 Å². The highest BCUT2D eigenvalue weighted by Crippen LogP contribution is 2.27. The van der Waals surface area contributed by atoms with E-state index in [1.165, 1.54) is 11.3 Å². The fraction of sp³-hybridized carbons (Fsp3) is 0.261. The van der Waals surface area contributed by atoms with E-state index in [2.05, 4.69) is 10.3 Å². The van der Waals surface area contributed by atoms with Crippen molar-refractivity contribution in [3.63, 3.8) is 0 Å². The molecule has 1 N–H and O–H groups in total. The van der Waals surface area contributed by atoms with Crippen LogP contribution in [0, 0.1) is 6.92 Å². The molecule has 3 aromatic rings. The molecular formula is C23H23N3O5S2. The van der Waals surface area contributed by atoms with Crippen molar-refractivity contribution >= 4 is 38.4 Å². The van der Waals surface area contributed by atoms with Crippen LogP contribution >= 0.6 is 11.3 Å². The molecule has 8 nitrogen and oxygen atoms in total. The molecule has 1 aliphatic rings. The van der Waals surface area contributed by atoms with Crippen LogP contribution in [0.4, 0.5) is 5.13 Å². The quantitative estimate of drug-likeness (QED) is 0.538. The fourth-order valence-corrected chi connectivity index (χ4v) is 5.36. The number of hydrogen-bond donors (Lipinski definition) is 1. The lowest BCUT2D eigenvalue weighted by atomic mass is 9.96. The normalized spacial score (nSPS) is 16.1. The number of carbonyl (C=O) groups excluding carboxylic acids is 2. The molecule has 0 saturated heterocycles. The zero-order valence-corrected chi connectivity index (χ0v) is 19.8. The molecule has 2 aromatic carbocycles. The van der Waals surface area contributed by atoms with Gasteiger partial charge in [0, 0.05) is 23.9 Å². The molecular weight excluding hydrogens is 462 g/mol. The van der Waals surface area contributed by atoms with Crippen LogP contribution in [-0.4, -0.2) is 48.5 Å². The van der Waals surface area contributed by atoms with Crippen LogP contribution in [0.25, 0.3) is 11.3 Å². The van der Waals surface area contributed by atoms with Crippen molar-refractivity contribution in [2.24, 2.45) is 0 Å². The van der Waals surface area contributed by atoms with Crippen molar-refractivity contribution < 1.29 is 22.7 Å². The van der Waals surface area contributed by atoms with Gasteiger partial charge in [-0.3, -0.25) is 14.9 Å². The smallest absolute Gasteiger partial charge is 0.325 e. The minimum absolute atomic E-state index is 0.0852. The van der Waals surface area contributed by atoms with Gasteiger partial charge < -0.3 is 4.74 Å². The van der Waals surface area contributed by atoms with Crippen LogP contribution in [0.15, 0.2) is 53.9 Å². The van der Waals surface area contributed by atoms with Crippen LogP contribution < -0.4 is 5.32 Å². The van der Waals surface area contributed by atoms with E-state index in [9.17, 15) is 18.0 Å². The fourth-order valence-electron chi connectivity index (χ4n) is 3.62. The number of fused-ring (bicyclic) bond motifs is 1. The van der Waals surface area contributed by atoms with Gasteiger partial charge in [0.15, 0.2) is 11.7 Å². The third-order valence-corrected chi connectivity index (χ3v) is 7.34. The van der Waals surface area contributed by atoms with Gasteiger partial charge in [0.1, 0.15) is 6.04 Å². The molecule has 0 radical (unpaired) electrons. The summed E-state index contributed by atoms with van der Waals surface area (Å²) >= 11 is 1.26. The van der Waals surface area contributed by atoms with E-state index in [-0.39, 0.29) is 13.0 Å². The van der Waals surface area contributed by atoms with Crippen LogP contribution in [-0.2, 0) is 37.3 Å². The lowest BCUT2D eigenvalue weighted by molar-refractivity contribution is -0.151. The molecule has 1 aromatic heterocycles. The highest BCUT2D eigenvalue weighted by molar-refractivity contribution is 7.88. The topological polar surface area (TPSA) is 106 Å². The van der Waals surface area contributed by atoms with Crippen molar-refractivity contribution in [2.45, 2.75) is 25.9 Å². The highest BCUT2D eigenvalue weighted by atomic mass is 32.2. The van der Waals surface area contributed by atoms with Crippen molar-refractivity contribution in [2.75, 3.05) is 18.2 Å².